The normalized spacial score (nSPS) is 13.1. The van der Waals surface area contributed by atoms with Gasteiger partial charge < -0.3 is 10.5 Å². The van der Waals surface area contributed by atoms with Crippen LogP contribution in [-0.2, 0) is 12.8 Å². The highest BCUT2D eigenvalue weighted by Crippen LogP contribution is 2.30. The number of benzene rings is 1. The Morgan fingerprint density at radius 3 is 2.93 bits per heavy atom. The topological polar surface area (TPSA) is 35.2 Å². The molecule has 0 saturated carbocycles. The first-order chi connectivity index (χ1) is 6.92. The molecule has 0 radical (unpaired) electrons. The molecule has 1 aromatic rings. The summed E-state index contributed by atoms with van der Waals surface area (Å²) in [5.41, 5.74) is 8.31. The van der Waals surface area contributed by atoms with Crippen LogP contribution in [0.4, 0.5) is 0 Å². The SMILES string of the molecule is Cl.NCCCOc1cccc2c1CCC2. The van der Waals surface area contributed by atoms with Crippen LogP contribution in [0.1, 0.15) is 24.0 Å². The van der Waals surface area contributed by atoms with E-state index >= 15 is 0 Å². The second-order valence-electron chi connectivity index (χ2n) is 3.74. The van der Waals surface area contributed by atoms with Gasteiger partial charge in [-0.05, 0) is 49.4 Å². The van der Waals surface area contributed by atoms with Crippen molar-refractivity contribution in [3.05, 3.63) is 29.3 Å². The Morgan fingerprint density at radius 2 is 2.13 bits per heavy atom. The molecular formula is C12H18ClNO. The highest BCUT2D eigenvalue weighted by Gasteiger charge is 2.14. The number of fused-ring (bicyclic) bond motifs is 1. The van der Waals surface area contributed by atoms with E-state index < -0.39 is 0 Å². The lowest BCUT2D eigenvalue weighted by atomic mass is 10.1. The lowest BCUT2D eigenvalue weighted by Crippen LogP contribution is -2.07. The first-order valence-electron chi connectivity index (χ1n) is 5.35. The summed E-state index contributed by atoms with van der Waals surface area (Å²) in [4.78, 5) is 0. The molecule has 1 aliphatic carbocycles. The Labute approximate surface area is 97.2 Å². The molecule has 1 aliphatic rings. The van der Waals surface area contributed by atoms with Gasteiger partial charge in [-0.25, -0.2) is 0 Å². The van der Waals surface area contributed by atoms with Gasteiger partial charge in [0.1, 0.15) is 5.75 Å². The number of halogens is 1. The monoisotopic (exact) mass is 227 g/mol. The molecular weight excluding hydrogens is 210 g/mol. The van der Waals surface area contributed by atoms with Gasteiger partial charge in [0.25, 0.3) is 0 Å². The third-order valence-electron chi connectivity index (χ3n) is 2.71. The summed E-state index contributed by atoms with van der Waals surface area (Å²) in [5.74, 6) is 1.08. The van der Waals surface area contributed by atoms with E-state index in [2.05, 4.69) is 18.2 Å². The molecule has 2 nitrogen and oxygen atoms in total. The van der Waals surface area contributed by atoms with Crippen molar-refractivity contribution in [3.8, 4) is 5.75 Å². The maximum Gasteiger partial charge on any atom is 0.122 e. The summed E-state index contributed by atoms with van der Waals surface area (Å²) >= 11 is 0. The maximum atomic E-state index is 5.71. The quantitative estimate of drug-likeness (QED) is 0.802. The summed E-state index contributed by atoms with van der Waals surface area (Å²) in [6.45, 7) is 1.45. The van der Waals surface area contributed by atoms with Gasteiger partial charge in [-0.3, -0.25) is 0 Å². The molecule has 0 bridgehead atoms. The third-order valence-corrected chi connectivity index (χ3v) is 2.71. The largest absolute Gasteiger partial charge is 0.493 e. The minimum Gasteiger partial charge on any atom is -0.493 e. The van der Waals surface area contributed by atoms with Crippen LogP contribution in [0, 0.1) is 0 Å². The lowest BCUT2D eigenvalue weighted by molar-refractivity contribution is 0.310. The number of aryl methyl sites for hydroxylation is 1. The predicted octanol–water partition coefficient (Wildman–Crippen LogP) is 2.32. The van der Waals surface area contributed by atoms with E-state index in [9.17, 15) is 0 Å². The van der Waals surface area contributed by atoms with Gasteiger partial charge in [0.15, 0.2) is 0 Å². The highest BCUT2D eigenvalue weighted by atomic mass is 35.5. The third kappa shape index (κ3) is 2.86. The van der Waals surface area contributed by atoms with E-state index in [0.29, 0.717) is 6.54 Å². The predicted molar refractivity (Wildman–Crippen MR) is 64.9 cm³/mol. The van der Waals surface area contributed by atoms with Crippen LogP contribution in [0.2, 0.25) is 0 Å². The maximum absolute atomic E-state index is 5.71. The van der Waals surface area contributed by atoms with Crippen LogP contribution in [0.15, 0.2) is 18.2 Å². The van der Waals surface area contributed by atoms with E-state index in [0.717, 1.165) is 18.8 Å². The van der Waals surface area contributed by atoms with Crippen LogP contribution in [0.5, 0.6) is 5.75 Å². The Kier molecular flexibility index (Phi) is 4.92. The summed E-state index contributed by atoms with van der Waals surface area (Å²) < 4.78 is 5.71. The summed E-state index contributed by atoms with van der Waals surface area (Å²) in [6, 6.07) is 6.36. The van der Waals surface area contributed by atoms with E-state index in [4.69, 9.17) is 10.5 Å². The van der Waals surface area contributed by atoms with Gasteiger partial charge in [-0.2, -0.15) is 0 Å². The zero-order valence-electron chi connectivity index (χ0n) is 8.87. The molecule has 2 N–H and O–H groups in total. The molecule has 0 aliphatic heterocycles. The zero-order valence-corrected chi connectivity index (χ0v) is 9.69. The standard InChI is InChI=1S/C12H17NO.ClH/c13-8-3-9-14-12-7-2-5-10-4-1-6-11(10)12;/h2,5,7H,1,3-4,6,8-9,13H2;1H. The second-order valence-corrected chi connectivity index (χ2v) is 3.74. The first kappa shape index (κ1) is 12.3. The van der Waals surface area contributed by atoms with Gasteiger partial charge in [-0.1, -0.05) is 12.1 Å². The Bertz CT molecular complexity index is 314. The first-order valence-corrected chi connectivity index (χ1v) is 5.35. The molecule has 84 valence electrons. The molecule has 15 heavy (non-hydrogen) atoms. The summed E-state index contributed by atoms with van der Waals surface area (Å²) in [7, 11) is 0. The Morgan fingerprint density at radius 1 is 1.27 bits per heavy atom. The van der Waals surface area contributed by atoms with Crippen LogP contribution in [0.25, 0.3) is 0 Å². The van der Waals surface area contributed by atoms with Crippen LogP contribution in [0.3, 0.4) is 0 Å². The molecule has 0 aromatic heterocycles. The van der Waals surface area contributed by atoms with Crippen molar-refractivity contribution in [2.75, 3.05) is 13.2 Å². The second kappa shape index (κ2) is 5.99. The molecule has 0 saturated heterocycles. The van der Waals surface area contributed by atoms with Crippen molar-refractivity contribution < 1.29 is 4.74 Å². The van der Waals surface area contributed by atoms with Gasteiger partial charge in [0, 0.05) is 0 Å². The van der Waals surface area contributed by atoms with Crippen molar-refractivity contribution >= 4 is 12.4 Å². The molecule has 1 aromatic carbocycles. The smallest absolute Gasteiger partial charge is 0.122 e. The van der Waals surface area contributed by atoms with E-state index in [1.54, 1.807) is 0 Å². The van der Waals surface area contributed by atoms with E-state index in [-0.39, 0.29) is 12.4 Å². The van der Waals surface area contributed by atoms with Crippen LogP contribution < -0.4 is 10.5 Å². The van der Waals surface area contributed by atoms with Crippen LogP contribution in [-0.4, -0.2) is 13.2 Å². The van der Waals surface area contributed by atoms with Gasteiger partial charge >= 0.3 is 0 Å². The zero-order chi connectivity index (χ0) is 9.80. The minimum atomic E-state index is 0. The van der Waals surface area contributed by atoms with Crippen molar-refractivity contribution in [2.45, 2.75) is 25.7 Å². The van der Waals surface area contributed by atoms with E-state index in [1.807, 2.05) is 0 Å². The average molecular weight is 228 g/mol. The molecule has 0 amide bonds. The fourth-order valence-electron chi connectivity index (χ4n) is 1.99. The van der Waals surface area contributed by atoms with Crippen molar-refractivity contribution in [2.24, 2.45) is 5.73 Å². The number of hydrogen-bond donors (Lipinski definition) is 1. The van der Waals surface area contributed by atoms with Gasteiger partial charge in [0.05, 0.1) is 6.61 Å². The minimum absolute atomic E-state index is 0. The van der Waals surface area contributed by atoms with Crippen LogP contribution >= 0.6 is 12.4 Å². The van der Waals surface area contributed by atoms with Crippen molar-refractivity contribution in [3.63, 3.8) is 0 Å². The molecule has 0 heterocycles. The highest BCUT2D eigenvalue weighted by molar-refractivity contribution is 5.85. The average Bonchev–Trinajstić information content (AvgIpc) is 2.67. The molecule has 0 fully saturated rings. The lowest BCUT2D eigenvalue weighted by Gasteiger charge is -2.09. The Hall–Kier alpha value is -0.730. The van der Waals surface area contributed by atoms with E-state index in [1.165, 1.54) is 30.4 Å². The summed E-state index contributed by atoms with van der Waals surface area (Å²) in [6.07, 6.45) is 4.59. The number of rotatable bonds is 4. The number of ether oxygens (including phenoxy) is 1. The fourth-order valence-corrected chi connectivity index (χ4v) is 1.99. The van der Waals surface area contributed by atoms with Crippen molar-refractivity contribution in [1.82, 2.24) is 0 Å². The molecule has 0 unspecified atom stereocenters. The van der Waals surface area contributed by atoms with Crippen molar-refractivity contribution in [1.29, 1.82) is 0 Å². The fraction of sp³-hybridized carbons (Fsp3) is 0.500. The summed E-state index contributed by atoms with van der Waals surface area (Å²) in [5, 5.41) is 0. The van der Waals surface area contributed by atoms with Gasteiger partial charge in [-0.15, -0.1) is 12.4 Å². The number of hydrogen-bond acceptors (Lipinski definition) is 2. The molecule has 0 spiro atoms. The molecule has 0 atom stereocenters. The number of nitrogens with two attached hydrogens (primary N) is 1. The molecule has 3 heteroatoms. The van der Waals surface area contributed by atoms with Gasteiger partial charge in [0.2, 0.25) is 0 Å². The molecule has 2 rings (SSSR count). The Balaban J connectivity index is 0.00000112.